The Hall–Kier alpha value is -3.13. The highest BCUT2D eigenvalue weighted by molar-refractivity contribution is 5.95. The quantitative estimate of drug-likeness (QED) is 0.734. The molecule has 1 saturated heterocycles. The summed E-state index contributed by atoms with van der Waals surface area (Å²) in [7, 11) is 0. The van der Waals surface area contributed by atoms with Crippen molar-refractivity contribution in [1.29, 1.82) is 0 Å². The molecule has 0 bridgehead atoms. The number of anilines is 1. The van der Waals surface area contributed by atoms with Gasteiger partial charge in [0.15, 0.2) is 11.5 Å². The summed E-state index contributed by atoms with van der Waals surface area (Å²) in [6.45, 7) is 2.20. The van der Waals surface area contributed by atoms with Crippen molar-refractivity contribution in [2.24, 2.45) is 5.73 Å². The first-order valence-electron chi connectivity index (χ1n) is 10.5. The summed E-state index contributed by atoms with van der Waals surface area (Å²) in [6.07, 6.45) is 1.95. The molecule has 2 aliphatic rings. The molecule has 2 N–H and O–H groups in total. The largest absolute Gasteiger partial charge is 0.486 e. The normalized spacial score (nSPS) is 18.0. The van der Waals surface area contributed by atoms with E-state index in [0.29, 0.717) is 18.9 Å². The Balaban J connectivity index is 1.50. The highest BCUT2D eigenvalue weighted by atomic mass is 19.1. The predicted molar refractivity (Wildman–Crippen MR) is 114 cm³/mol. The number of carbonyl (C=O) groups is 2. The van der Waals surface area contributed by atoms with Crippen LogP contribution < -0.4 is 20.1 Å². The van der Waals surface area contributed by atoms with Crippen LogP contribution in [0.2, 0.25) is 0 Å². The molecule has 0 spiro atoms. The van der Waals surface area contributed by atoms with Gasteiger partial charge in [-0.15, -0.1) is 0 Å². The Morgan fingerprint density at radius 2 is 1.84 bits per heavy atom. The Morgan fingerprint density at radius 3 is 2.58 bits per heavy atom. The number of fused-ring (bicyclic) bond motifs is 1. The van der Waals surface area contributed by atoms with Gasteiger partial charge in [0.05, 0.1) is 6.54 Å². The zero-order chi connectivity index (χ0) is 21.8. The van der Waals surface area contributed by atoms with E-state index in [1.54, 1.807) is 0 Å². The van der Waals surface area contributed by atoms with Gasteiger partial charge in [-0.1, -0.05) is 6.07 Å². The molecule has 0 radical (unpaired) electrons. The van der Waals surface area contributed by atoms with Gasteiger partial charge in [-0.25, -0.2) is 4.39 Å². The molecule has 164 valence electrons. The molecular formula is C23H26FN3O4. The van der Waals surface area contributed by atoms with Gasteiger partial charge >= 0.3 is 0 Å². The van der Waals surface area contributed by atoms with E-state index in [-0.39, 0.29) is 37.3 Å². The molecular weight excluding hydrogens is 401 g/mol. The molecule has 4 rings (SSSR count). The van der Waals surface area contributed by atoms with E-state index in [4.69, 9.17) is 15.2 Å². The SMILES string of the molecule is NC(=O)CCN(C(=O)CN1CCCC1c1ccc2c(c1)OCCO2)c1ccc(F)cc1. The topological polar surface area (TPSA) is 85.1 Å². The average molecular weight is 427 g/mol. The van der Waals surface area contributed by atoms with Gasteiger partial charge in [-0.2, -0.15) is 0 Å². The van der Waals surface area contributed by atoms with Crippen LogP contribution in [0.15, 0.2) is 42.5 Å². The van der Waals surface area contributed by atoms with Crippen molar-refractivity contribution in [3.05, 3.63) is 53.8 Å². The number of nitrogens with zero attached hydrogens (tertiary/aromatic N) is 2. The van der Waals surface area contributed by atoms with Gasteiger partial charge in [-0.05, 0) is 61.3 Å². The summed E-state index contributed by atoms with van der Waals surface area (Å²) in [5.74, 6) is 0.442. The third-order valence-electron chi connectivity index (χ3n) is 5.67. The molecule has 2 aromatic rings. The maximum Gasteiger partial charge on any atom is 0.241 e. The maximum atomic E-state index is 13.3. The first kappa shape index (κ1) is 21.1. The summed E-state index contributed by atoms with van der Waals surface area (Å²) >= 11 is 0. The van der Waals surface area contributed by atoms with Crippen LogP contribution in [0.1, 0.15) is 30.9 Å². The molecule has 8 heteroatoms. The van der Waals surface area contributed by atoms with Crippen LogP contribution >= 0.6 is 0 Å². The van der Waals surface area contributed by atoms with Crippen molar-refractivity contribution in [1.82, 2.24) is 4.90 Å². The second-order valence-corrected chi connectivity index (χ2v) is 7.77. The summed E-state index contributed by atoms with van der Waals surface area (Å²) in [5.41, 5.74) is 6.92. The summed E-state index contributed by atoms with van der Waals surface area (Å²) < 4.78 is 24.7. The molecule has 1 fully saturated rings. The zero-order valence-corrected chi connectivity index (χ0v) is 17.3. The second kappa shape index (κ2) is 9.34. The molecule has 2 amide bonds. The number of benzene rings is 2. The van der Waals surface area contributed by atoms with Crippen LogP contribution in [0.4, 0.5) is 10.1 Å². The van der Waals surface area contributed by atoms with Crippen molar-refractivity contribution in [3.63, 3.8) is 0 Å². The first-order chi connectivity index (χ1) is 15.0. The lowest BCUT2D eigenvalue weighted by Gasteiger charge is -2.29. The number of carbonyl (C=O) groups excluding carboxylic acids is 2. The fourth-order valence-electron chi connectivity index (χ4n) is 4.16. The van der Waals surface area contributed by atoms with Crippen LogP contribution in [0, 0.1) is 5.82 Å². The number of likely N-dealkylation sites (tertiary alicyclic amines) is 1. The number of ether oxygens (including phenoxy) is 2. The fraction of sp³-hybridized carbons (Fsp3) is 0.391. The minimum Gasteiger partial charge on any atom is -0.486 e. The van der Waals surface area contributed by atoms with E-state index in [9.17, 15) is 14.0 Å². The van der Waals surface area contributed by atoms with Crippen molar-refractivity contribution >= 4 is 17.5 Å². The number of primary amides is 1. The van der Waals surface area contributed by atoms with E-state index < -0.39 is 5.91 Å². The van der Waals surface area contributed by atoms with Gasteiger partial charge < -0.3 is 20.1 Å². The smallest absolute Gasteiger partial charge is 0.241 e. The van der Waals surface area contributed by atoms with Crippen molar-refractivity contribution in [2.45, 2.75) is 25.3 Å². The van der Waals surface area contributed by atoms with Gasteiger partial charge in [0, 0.05) is 24.7 Å². The fourth-order valence-corrected chi connectivity index (χ4v) is 4.16. The highest BCUT2D eigenvalue weighted by Crippen LogP contribution is 2.38. The predicted octanol–water partition coefficient (Wildman–Crippen LogP) is 2.64. The molecule has 2 aromatic carbocycles. The van der Waals surface area contributed by atoms with E-state index in [0.717, 1.165) is 36.4 Å². The number of rotatable bonds is 7. The Bertz CT molecular complexity index is 950. The minimum atomic E-state index is -0.491. The molecule has 0 saturated carbocycles. The number of nitrogens with two attached hydrogens (primary N) is 1. The molecule has 1 atom stereocenters. The molecule has 2 heterocycles. The maximum absolute atomic E-state index is 13.3. The van der Waals surface area contributed by atoms with E-state index >= 15 is 0 Å². The van der Waals surface area contributed by atoms with Gasteiger partial charge in [0.1, 0.15) is 19.0 Å². The molecule has 7 nitrogen and oxygen atoms in total. The molecule has 1 unspecified atom stereocenters. The summed E-state index contributed by atoms with van der Waals surface area (Å²) in [5, 5.41) is 0. The lowest BCUT2D eigenvalue weighted by molar-refractivity contribution is -0.120. The lowest BCUT2D eigenvalue weighted by Crippen LogP contribution is -2.41. The van der Waals surface area contributed by atoms with E-state index in [1.165, 1.54) is 29.2 Å². The van der Waals surface area contributed by atoms with Gasteiger partial charge in [0.2, 0.25) is 11.8 Å². The van der Waals surface area contributed by atoms with Crippen LogP contribution in [0.25, 0.3) is 0 Å². The number of hydrogen-bond acceptors (Lipinski definition) is 5. The Kier molecular flexibility index (Phi) is 6.36. The van der Waals surface area contributed by atoms with E-state index in [2.05, 4.69) is 4.90 Å². The first-order valence-corrected chi connectivity index (χ1v) is 10.5. The van der Waals surface area contributed by atoms with Crippen LogP contribution in [0.3, 0.4) is 0 Å². The van der Waals surface area contributed by atoms with Crippen LogP contribution in [-0.4, -0.2) is 49.6 Å². The number of hydrogen-bond donors (Lipinski definition) is 1. The van der Waals surface area contributed by atoms with Crippen molar-refractivity contribution in [2.75, 3.05) is 37.7 Å². The van der Waals surface area contributed by atoms with Crippen LogP contribution in [-0.2, 0) is 9.59 Å². The molecule has 31 heavy (non-hydrogen) atoms. The lowest BCUT2D eigenvalue weighted by atomic mass is 10.0. The molecule has 2 aliphatic heterocycles. The highest BCUT2D eigenvalue weighted by Gasteiger charge is 2.30. The second-order valence-electron chi connectivity index (χ2n) is 7.77. The minimum absolute atomic E-state index is 0.0364. The van der Waals surface area contributed by atoms with Gasteiger partial charge in [0.25, 0.3) is 0 Å². The third-order valence-corrected chi connectivity index (χ3v) is 5.67. The van der Waals surface area contributed by atoms with Crippen molar-refractivity contribution < 1.29 is 23.5 Å². The Labute approximate surface area is 180 Å². The summed E-state index contributed by atoms with van der Waals surface area (Å²) in [4.78, 5) is 28.1. The van der Waals surface area contributed by atoms with Crippen molar-refractivity contribution in [3.8, 4) is 11.5 Å². The third kappa shape index (κ3) is 4.96. The van der Waals surface area contributed by atoms with Crippen LogP contribution in [0.5, 0.6) is 11.5 Å². The standard InChI is InChI=1S/C23H26FN3O4/c24-17-4-6-18(7-5-17)27(11-9-22(25)28)23(29)15-26-10-1-2-19(26)16-3-8-20-21(14-16)31-13-12-30-20/h3-8,14,19H,1-2,9-13,15H2,(H2,25,28). The zero-order valence-electron chi connectivity index (χ0n) is 17.3. The van der Waals surface area contributed by atoms with Gasteiger partial charge in [-0.3, -0.25) is 14.5 Å². The van der Waals surface area contributed by atoms with E-state index in [1.807, 2.05) is 18.2 Å². The monoisotopic (exact) mass is 427 g/mol. The molecule has 0 aliphatic carbocycles. The average Bonchev–Trinajstić information content (AvgIpc) is 3.22. The Morgan fingerprint density at radius 1 is 1.10 bits per heavy atom. The number of amides is 2. The summed E-state index contributed by atoms with van der Waals surface area (Å²) in [6, 6.07) is 11.7. The number of halogens is 1. The molecule has 0 aromatic heterocycles.